The molecule has 1 amide bonds. The first-order chi connectivity index (χ1) is 12.7. The lowest BCUT2D eigenvalue weighted by Gasteiger charge is -2.07. The molecule has 0 aliphatic heterocycles. The van der Waals surface area contributed by atoms with Crippen molar-refractivity contribution in [3.63, 3.8) is 0 Å². The highest BCUT2D eigenvalue weighted by Crippen LogP contribution is 2.23. The molecule has 0 atom stereocenters. The molecule has 0 saturated heterocycles. The molecule has 140 valence electrons. The van der Waals surface area contributed by atoms with Crippen LogP contribution in [0.2, 0.25) is 0 Å². The van der Waals surface area contributed by atoms with Gasteiger partial charge < -0.3 is 14.6 Å². The predicted molar refractivity (Wildman–Crippen MR) is 90.1 cm³/mol. The zero-order valence-electron chi connectivity index (χ0n) is 14.7. The van der Waals surface area contributed by atoms with Gasteiger partial charge in [-0.1, -0.05) is 0 Å². The second-order valence-corrected chi connectivity index (χ2v) is 5.49. The molecule has 1 aromatic heterocycles. The third kappa shape index (κ3) is 3.69. The van der Waals surface area contributed by atoms with E-state index in [0.29, 0.717) is 0 Å². The molecule has 1 aromatic carbocycles. The van der Waals surface area contributed by atoms with Gasteiger partial charge in [-0.25, -0.2) is 13.6 Å². The van der Waals surface area contributed by atoms with Crippen molar-refractivity contribution in [3.05, 3.63) is 52.3 Å². The van der Waals surface area contributed by atoms with E-state index in [0.717, 1.165) is 16.7 Å². The number of halogens is 2. The summed E-state index contributed by atoms with van der Waals surface area (Å²) in [5.74, 6) is -5.30. The Hall–Kier alpha value is -3.54. The number of hydrogen-bond acceptors (Lipinski definition) is 5. The molecule has 27 heavy (non-hydrogen) atoms. The van der Waals surface area contributed by atoms with Gasteiger partial charge in [0.25, 0.3) is 11.7 Å². The van der Waals surface area contributed by atoms with Gasteiger partial charge in [0, 0.05) is 18.4 Å². The number of nitriles is 1. The van der Waals surface area contributed by atoms with Crippen molar-refractivity contribution >= 4 is 23.3 Å². The van der Waals surface area contributed by atoms with E-state index in [-0.39, 0.29) is 23.6 Å². The normalized spacial score (nSPS) is 10.2. The van der Waals surface area contributed by atoms with Gasteiger partial charge >= 0.3 is 5.97 Å². The van der Waals surface area contributed by atoms with Crippen molar-refractivity contribution in [2.45, 2.75) is 13.8 Å². The summed E-state index contributed by atoms with van der Waals surface area (Å²) in [6, 6.07) is 4.89. The first-order valence-corrected chi connectivity index (χ1v) is 7.80. The lowest BCUT2D eigenvalue weighted by Crippen LogP contribution is -2.19. The Morgan fingerprint density at radius 1 is 1.30 bits per heavy atom. The minimum Gasteiger partial charge on any atom is -0.460 e. The van der Waals surface area contributed by atoms with Crippen LogP contribution in [0.15, 0.2) is 18.2 Å². The second-order valence-electron chi connectivity index (χ2n) is 5.49. The molecule has 0 saturated carbocycles. The van der Waals surface area contributed by atoms with E-state index in [9.17, 15) is 23.2 Å². The van der Waals surface area contributed by atoms with Gasteiger partial charge in [0.05, 0.1) is 17.7 Å². The highest BCUT2D eigenvalue weighted by Gasteiger charge is 2.32. The Kier molecular flexibility index (Phi) is 5.70. The quantitative estimate of drug-likeness (QED) is 0.491. The highest BCUT2D eigenvalue weighted by atomic mass is 19.1. The van der Waals surface area contributed by atoms with E-state index in [1.54, 1.807) is 6.07 Å². The molecule has 2 aromatic rings. The van der Waals surface area contributed by atoms with E-state index in [4.69, 9.17) is 5.26 Å². The van der Waals surface area contributed by atoms with Crippen molar-refractivity contribution in [2.24, 2.45) is 7.05 Å². The van der Waals surface area contributed by atoms with Crippen molar-refractivity contribution < 1.29 is 27.9 Å². The van der Waals surface area contributed by atoms with E-state index < -0.39 is 40.6 Å². The molecule has 0 unspecified atom stereocenters. The third-order valence-electron chi connectivity index (χ3n) is 3.88. The summed E-state index contributed by atoms with van der Waals surface area (Å²) in [6.45, 7) is 2.81. The molecule has 1 N–H and O–H groups in total. The number of anilines is 1. The average Bonchev–Trinajstić information content (AvgIpc) is 2.85. The van der Waals surface area contributed by atoms with Gasteiger partial charge in [-0.3, -0.25) is 9.59 Å². The Balaban J connectivity index is 2.40. The van der Waals surface area contributed by atoms with Crippen LogP contribution in [0, 0.1) is 29.9 Å². The molecule has 0 fully saturated rings. The van der Waals surface area contributed by atoms with Gasteiger partial charge in [-0.05, 0) is 32.0 Å². The van der Waals surface area contributed by atoms with Crippen LogP contribution in [0.5, 0.6) is 0 Å². The fourth-order valence-corrected chi connectivity index (χ4v) is 2.45. The number of amides is 1. The predicted octanol–water partition coefficient (Wildman–Crippen LogP) is 2.48. The second kappa shape index (κ2) is 7.78. The SMILES string of the molecule is CCOC(=O)C(=O)c1c(F)c(C(=O)Nc2ccc(F)c(C#N)c2)n(C)c1C. The van der Waals surface area contributed by atoms with Crippen LogP contribution in [0.4, 0.5) is 14.5 Å². The number of rotatable bonds is 5. The average molecular weight is 375 g/mol. The number of nitrogens with zero attached hydrogens (tertiary/aromatic N) is 2. The van der Waals surface area contributed by atoms with Gasteiger partial charge in [0.1, 0.15) is 17.6 Å². The maximum Gasteiger partial charge on any atom is 0.379 e. The summed E-state index contributed by atoms with van der Waals surface area (Å²) in [7, 11) is 1.35. The number of benzene rings is 1. The number of ketones is 1. The molecule has 0 bridgehead atoms. The summed E-state index contributed by atoms with van der Waals surface area (Å²) in [4.78, 5) is 36.2. The standard InChI is InChI=1S/C18H15F2N3O4/c1-4-27-18(26)16(24)13-9(2)23(3)15(14(13)20)17(25)22-11-5-6-12(19)10(7-11)8-21/h5-7H,4H2,1-3H3,(H,22,25). The molecule has 1 heterocycles. The van der Waals surface area contributed by atoms with Crippen LogP contribution in [0.3, 0.4) is 0 Å². The van der Waals surface area contributed by atoms with Gasteiger partial charge in [0.15, 0.2) is 5.82 Å². The maximum absolute atomic E-state index is 14.7. The van der Waals surface area contributed by atoms with Crippen LogP contribution in [0.25, 0.3) is 0 Å². The first-order valence-electron chi connectivity index (χ1n) is 7.80. The van der Waals surface area contributed by atoms with Crippen LogP contribution in [-0.4, -0.2) is 28.8 Å². The lowest BCUT2D eigenvalue weighted by molar-refractivity contribution is -0.137. The molecule has 0 aliphatic rings. The van der Waals surface area contributed by atoms with Gasteiger partial charge in [-0.2, -0.15) is 5.26 Å². The molecule has 2 rings (SSSR count). The van der Waals surface area contributed by atoms with Crippen molar-refractivity contribution in [3.8, 4) is 6.07 Å². The topological polar surface area (TPSA) is 101 Å². The van der Waals surface area contributed by atoms with E-state index in [1.165, 1.54) is 27.0 Å². The Morgan fingerprint density at radius 3 is 2.56 bits per heavy atom. The number of ether oxygens (including phenoxy) is 1. The van der Waals surface area contributed by atoms with Crippen LogP contribution >= 0.6 is 0 Å². The number of aromatic nitrogens is 1. The number of hydrogen-bond donors (Lipinski definition) is 1. The molecule has 0 spiro atoms. The lowest BCUT2D eigenvalue weighted by atomic mass is 10.1. The third-order valence-corrected chi connectivity index (χ3v) is 3.88. The smallest absolute Gasteiger partial charge is 0.379 e. The number of esters is 1. The number of Topliss-reactive ketones (excluding diaryl/α,β-unsaturated/α-hetero) is 1. The molecule has 0 radical (unpaired) electrons. The Labute approximate surface area is 153 Å². The maximum atomic E-state index is 14.7. The fourth-order valence-electron chi connectivity index (χ4n) is 2.45. The largest absolute Gasteiger partial charge is 0.460 e. The summed E-state index contributed by atoms with van der Waals surface area (Å²) in [5, 5.41) is 11.2. The van der Waals surface area contributed by atoms with Gasteiger partial charge in [-0.15, -0.1) is 0 Å². The summed E-state index contributed by atoms with van der Waals surface area (Å²) < 4.78 is 33.8. The molecular weight excluding hydrogens is 360 g/mol. The van der Waals surface area contributed by atoms with Crippen LogP contribution < -0.4 is 5.32 Å². The van der Waals surface area contributed by atoms with Crippen molar-refractivity contribution in [1.82, 2.24) is 4.57 Å². The van der Waals surface area contributed by atoms with E-state index >= 15 is 0 Å². The minimum absolute atomic E-state index is 0.0583. The molecule has 7 nitrogen and oxygen atoms in total. The van der Waals surface area contributed by atoms with Gasteiger partial charge in [0.2, 0.25) is 0 Å². The summed E-state index contributed by atoms with van der Waals surface area (Å²) in [6.07, 6.45) is 0. The Morgan fingerprint density at radius 2 is 1.96 bits per heavy atom. The monoisotopic (exact) mass is 375 g/mol. The van der Waals surface area contributed by atoms with E-state index in [1.807, 2.05) is 0 Å². The fraction of sp³-hybridized carbons (Fsp3) is 0.222. The van der Waals surface area contributed by atoms with Crippen molar-refractivity contribution in [1.29, 1.82) is 5.26 Å². The van der Waals surface area contributed by atoms with Crippen LogP contribution in [0.1, 0.15) is 39.0 Å². The van der Waals surface area contributed by atoms with E-state index in [2.05, 4.69) is 10.1 Å². The number of carbonyl (C=O) groups is 3. The highest BCUT2D eigenvalue weighted by molar-refractivity contribution is 6.41. The molecule has 0 aliphatic carbocycles. The van der Waals surface area contributed by atoms with Crippen LogP contribution in [-0.2, 0) is 16.6 Å². The zero-order chi connectivity index (χ0) is 20.3. The summed E-state index contributed by atoms with van der Waals surface area (Å²) >= 11 is 0. The zero-order valence-corrected chi connectivity index (χ0v) is 14.7. The number of carbonyl (C=O) groups excluding carboxylic acids is 3. The molecule has 9 heteroatoms. The summed E-state index contributed by atoms with van der Waals surface area (Å²) in [5.41, 5.74) is -1.22. The minimum atomic E-state index is -1.23. The van der Waals surface area contributed by atoms with Crippen molar-refractivity contribution in [2.75, 3.05) is 11.9 Å². The number of nitrogens with one attached hydrogen (secondary N) is 1. The first kappa shape index (κ1) is 19.8. The molecular formula is C18H15F2N3O4. The Bertz CT molecular complexity index is 989.